The molecule has 1 aromatic carbocycles. The van der Waals surface area contributed by atoms with Crippen molar-refractivity contribution in [3.8, 4) is 0 Å². The maximum Gasteiger partial charge on any atom is 0.0212 e. The second kappa shape index (κ2) is 3.95. The van der Waals surface area contributed by atoms with Crippen LogP contribution in [0.3, 0.4) is 0 Å². The lowest BCUT2D eigenvalue weighted by Crippen LogP contribution is -2.16. The Kier molecular flexibility index (Phi) is 2.47. The molecule has 0 bridgehead atoms. The molecule has 1 aliphatic heterocycles. The Bertz CT molecular complexity index is 356. The summed E-state index contributed by atoms with van der Waals surface area (Å²) < 4.78 is 0. The van der Waals surface area contributed by atoms with Crippen LogP contribution < -0.4 is 10.6 Å². The molecule has 2 aliphatic rings. The van der Waals surface area contributed by atoms with Gasteiger partial charge in [-0.3, -0.25) is 0 Å². The number of fused-ring (bicyclic) bond motifs is 1. The van der Waals surface area contributed by atoms with Crippen LogP contribution in [0.5, 0.6) is 0 Å². The van der Waals surface area contributed by atoms with Crippen molar-refractivity contribution in [1.82, 2.24) is 10.6 Å². The van der Waals surface area contributed by atoms with E-state index >= 15 is 0 Å². The molecule has 0 amide bonds. The summed E-state index contributed by atoms with van der Waals surface area (Å²) in [4.78, 5) is 0. The molecule has 0 aromatic heterocycles. The second-order valence-electron chi connectivity index (χ2n) is 4.78. The maximum absolute atomic E-state index is 3.53. The maximum atomic E-state index is 3.53. The second-order valence-corrected chi connectivity index (χ2v) is 4.78. The highest BCUT2D eigenvalue weighted by molar-refractivity contribution is 5.34. The summed E-state index contributed by atoms with van der Waals surface area (Å²) >= 11 is 0. The molecule has 1 fully saturated rings. The Hall–Kier alpha value is -0.860. The minimum absolute atomic E-state index is 0.973. The molecule has 0 spiro atoms. The third-order valence-corrected chi connectivity index (χ3v) is 3.36. The van der Waals surface area contributed by atoms with Crippen LogP contribution >= 0.6 is 0 Å². The van der Waals surface area contributed by atoms with Gasteiger partial charge in [0.15, 0.2) is 0 Å². The monoisotopic (exact) mass is 202 g/mol. The van der Waals surface area contributed by atoms with E-state index in [1.54, 1.807) is 0 Å². The van der Waals surface area contributed by atoms with Gasteiger partial charge >= 0.3 is 0 Å². The van der Waals surface area contributed by atoms with E-state index in [0.29, 0.717) is 0 Å². The van der Waals surface area contributed by atoms with Crippen LogP contribution in [0.4, 0.5) is 0 Å². The molecule has 0 atom stereocenters. The van der Waals surface area contributed by atoms with Crippen LogP contribution in [0, 0.1) is 5.92 Å². The summed E-state index contributed by atoms with van der Waals surface area (Å²) in [7, 11) is 0. The first-order chi connectivity index (χ1) is 7.42. The standard InChI is InChI=1S/C13H18N2/c1-2-10(1)6-14-7-11-3-4-12-8-15-9-13(12)5-11/h3-5,10,14-15H,1-2,6-9H2. The zero-order chi connectivity index (χ0) is 10.1. The Morgan fingerprint density at radius 3 is 2.93 bits per heavy atom. The Morgan fingerprint density at radius 1 is 1.20 bits per heavy atom. The van der Waals surface area contributed by atoms with Crippen molar-refractivity contribution in [3.63, 3.8) is 0 Å². The van der Waals surface area contributed by atoms with Gasteiger partial charge in [0.1, 0.15) is 0 Å². The van der Waals surface area contributed by atoms with Crippen LogP contribution in [-0.2, 0) is 19.6 Å². The van der Waals surface area contributed by atoms with E-state index < -0.39 is 0 Å². The minimum atomic E-state index is 0.973. The van der Waals surface area contributed by atoms with Crippen molar-refractivity contribution in [3.05, 3.63) is 34.9 Å². The molecule has 1 aliphatic carbocycles. The van der Waals surface area contributed by atoms with Crippen LogP contribution in [-0.4, -0.2) is 6.54 Å². The number of nitrogens with one attached hydrogen (secondary N) is 2. The lowest BCUT2D eigenvalue weighted by molar-refractivity contribution is 0.638. The summed E-state index contributed by atoms with van der Waals surface area (Å²) in [5.74, 6) is 0.973. The molecule has 2 N–H and O–H groups in total. The summed E-state index contributed by atoms with van der Waals surface area (Å²) in [5, 5.41) is 6.91. The van der Waals surface area contributed by atoms with Gasteiger partial charge in [-0.15, -0.1) is 0 Å². The predicted octanol–water partition coefficient (Wildman–Crippen LogP) is 1.79. The Balaban J connectivity index is 1.59. The SMILES string of the molecule is c1cc2c(cc1CNCC1CC1)CNC2. The van der Waals surface area contributed by atoms with Gasteiger partial charge < -0.3 is 10.6 Å². The van der Waals surface area contributed by atoms with Crippen LogP contribution in [0.15, 0.2) is 18.2 Å². The van der Waals surface area contributed by atoms with E-state index in [2.05, 4.69) is 28.8 Å². The fourth-order valence-electron chi connectivity index (χ4n) is 2.20. The predicted molar refractivity (Wildman–Crippen MR) is 61.4 cm³/mol. The van der Waals surface area contributed by atoms with Crippen LogP contribution in [0.25, 0.3) is 0 Å². The molecule has 2 nitrogen and oxygen atoms in total. The first-order valence-corrected chi connectivity index (χ1v) is 5.94. The quantitative estimate of drug-likeness (QED) is 0.778. The van der Waals surface area contributed by atoms with E-state index in [9.17, 15) is 0 Å². The summed E-state index contributed by atoms with van der Waals surface area (Å²) in [5.41, 5.74) is 4.39. The van der Waals surface area contributed by atoms with Crippen molar-refractivity contribution >= 4 is 0 Å². The highest BCUT2D eigenvalue weighted by Gasteiger charge is 2.20. The van der Waals surface area contributed by atoms with Crippen LogP contribution in [0.2, 0.25) is 0 Å². The lowest BCUT2D eigenvalue weighted by atomic mass is 10.1. The average Bonchev–Trinajstić information content (AvgIpc) is 2.95. The summed E-state index contributed by atoms with van der Waals surface area (Å²) in [6.07, 6.45) is 2.86. The molecule has 1 aromatic rings. The molecule has 1 saturated carbocycles. The third-order valence-electron chi connectivity index (χ3n) is 3.36. The molecule has 3 rings (SSSR count). The van der Waals surface area contributed by atoms with Gasteiger partial charge in [0, 0.05) is 19.6 Å². The fourth-order valence-corrected chi connectivity index (χ4v) is 2.20. The van der Waals surface area contributed by atoms with Gasteiger partial charge in [-0.05, 0) is 42.0 Å². The van der Waals surface area contributed by atoms with E-state index in [0.717, 1.165) is 25.6 Å². The summed E-state index contributed by atoms with van der Waals surface area (Å²) in [6.45, 7) is 4.33. The smallest absolute Gasteiger partial charge is 0.0212 e. The zero-order valence-electron chi connectivity index (χ0n) is 9.05. The third kappa shape index (κ3) is 2.21. The molecular formula is C13H18N2. The van der Waals surface area contributed by atoms with Crippen molar-refractivity contribution in [2.24, 2.45) is 5.92 Å². The average molecular weight is 202 g/mol. The largest absolute Gasteiger partial charge is 0.312 e. The first kappa shape index (κ1) is 9.37. The molecule has 0 unspecified atom stereocenters. The van der Waals surface area contributed by atoms with Gasteiger partial charge in [0.05, 0.1) is 0 Å². The van der Waals surface area contributed by atoms with E-state index in [1.165, 1.54) is 36.1 Å². The molecule has 1 heterocycles. The van der Waals surface area contributed by atoms with Crippen molar-refractivity contribution < 1.29 is 0 Å². The molecule has 80 valence electrons. The zero-order valence-corrected chi connectivity index (χ0v) is 9.05. The number of hydrogen-bond acceptors (Lipinski definition) is 2. The van der Waals surface area contributed by atoms with Crippen molar-refractivity contribution in [2.75, 3.05) is 6.54 Å². The molecule has 15 heavy (non-hydrogen) atoms. The fraction of sp³-hybridized carbons (Fsp3) is 0.538. The van der Waals surface area contributed by atoms with Gasteiger partial charge in [-0.1, -0.05) is 18.2 Å². The molecule has 0 saturated heterocycles. The van der Waals surface area contributed by atoms with Crippen LogP contribution in [0.1, 0.15) is 29.5 Å². The Labute approximate surface area is 91.1 Å². The van der Waals surface area contributed by atoms with E-state index in [4.69, 9.17) is 0 Å². The topological polar surface area (TPSA) is 24.1 Å². The Morgan fingerprint density at radius 2 is 2.07 bits per heavy atom. The lowest BCUT2D eigenvalue weighted by Gasteiger charge is -2.05. The van der Waals surface area contributed by atoms with Gasteiger partial charge in [0.2, 0.25) is 0 Å². The minimum Gasteiger partial charge on any atom is -0.312 e. The highest BCUT2D eigenvalue weighted by Crippen LogP contribution is 2.27. The normalized spacial score (nSPS) is 19.2. The number of hydrogen-bond donors (Lipinski definition) is 2. The van der Waals surface area contributed by atoms with Gasteiger partial charge in [0.25, 0.3) is 0 Å². The van der Waals surface area contributed by atoms with E-state index in [-0.39, 0.29) is 0 Å². The summed E-state index contributed by atoms with van der Waals surface area (Å²) in [6, 6.07) is 6.87. The molecule has 0 radical (unpaired) electrons. The number of rotatable bonds is 4. The van der Waals surface area contributed by atoms with E-state index in [1.807, 2.05) is 0 Å². The van der Waals surface area contributed by atoms with Gasteiger partial charge in [-0.2, -0.15) is 0 Å². The van der Waals surface area contributed by atoms with Crippen molar-refractivity contribution in [1.29, 1.82) is 0 Å². The number of benzene rings is 1. The molecule has 2 heteroatoms. The van der Waals surface area contributed by atoms with Crippen molar-refractivity contribution in [2.45, 2.75) is 32.5 Å². The first-order valence-electron chi connectivity index (χ1n) is 5.94. The highest BCUT2D eigenvalue weighted by atomic mass is 14.9. The molecular weight excluding hydrogens is 184 g/mol. The van der Waals surface area contributed by atoms with Gasteiger partial charge in [-0.25, -0.2) is 0 Å².